The van der Waals surface area contributed by atoms with Crippen LogP contribution in [0.1, 0.15) is 32.3 Å². The first kappa shape index (κ1) is 16.7. The first-order chi connectivity index (χ1) is 9.28. The van der Waals surface area contributed by atoms with Gasteiger partial charge >= 0.3 is 5.97 Å². The maximum atomic E-state index is 12.3. The Hall–Kier alpha value is -1.40. The van der Waals surface area contributed by atoms with E-state index in [1.807, 2.05) is 13.8 Å². The van der Waals surface area contributed by atoms with Gasteiger partial charge in [-0.15, -0.1) is 0 Å². The second-order valence-electron chi connectivity index (χ2n) is 4.82. The van der Waals surface area contributed by atoms with E-state index in [1.165, 1.54) is 16.4 Å². The fraction of sp³-hybridized carbons (Fsp3) is 0.500. The normalized spacial score (nSPS) is 13.4. The van der Waals surface area contributed by atoms with E-state index in [2.05, 4.69) is 0 Å². The number of rotatable bonds is 7. The molecule has 0 heterocycles. The van der Waals surface area contributed by atoms with Gasteiger partial charge in [-0.3, -0.25) is 4.79 Å². The molecule has 0 aliphatic carbocycles. The van der Waals surface area contributed by atoms with E-state index in [0.29, 0.717) is 6.42 Å². The predicted octanol–water partition coefficient (Wildman–Crippen LogP) is 2.12. The number of benzene rings is 1. The zero-order valence-corrected chi connectivity index (χ0v) is 12.9. The van der Waals surface area contributed by atoms with Gasteiger partial charge in [0.15, 0.2) is 0 Å². The van der Waals surface area contributed by atoms with Gasteiger partial charge in [-0.2, -0.15) is 4.31 Å². The third-order valence-electron chi connectivity index (χ3n) is 3.44. The maximum Gasteiger partial charge on any atom is 0.303 e. The van der Waals surface area contributed by atoms with Crippen LogP contribution >= 0.6 is 0 Å². The Morgan fingerprint density at radius 1 is 1.30 bits per heavy atom. The Labute approximate surface area is 120 Å². The lowest BCUT2D eigenvalue weighted by atomic mass is 10.1. The van der Waals surface area contributed by atoms with E-state index in [1.54, 1.807) is 19.2 Å². The number of carboxylic acid groups (broad SMARTS) is 1. The summed E-state index contributed by atoms with van der Waals surface area (Å²) < 4.78 is 26.0. The van der Waals surface area contributed by atoms with Gasteiger partial charge in [0.05, 0.1) is 4.90 Å². The van der Waals surface area contributed by atoms with Gasteiger partial charge in [0.1, 0.15) is 0 Å². The minimum Gasteiger partial charge on any atom is -0.481 e. The fourth-order valence-corrected chi connectivity index (χ4v) is 3.18. The molecule has 1 aromatic carbocycles. The van der Waals surface area contributed by atoms with Crippen LogP contribution in [0.5, 0.6) is 0 Å². The van der Waals surface area contributed by atoms with Gasteiger partial charge in [-0.25, -0.2) is 8.42 Å². The highest BCUT2D eigenvalue weighted by atomic mass is 32.2. The summed E-state index contributed by atoms with van der Waals surface area (Å²) in [6.07, 6.45) is 1.18. The van der Waals surface area contributed by atoms with Crippen LogP contribution in [0.15, 0.2) is 29.2 Å². The van der Waals surface area contributed by atoms with Crippen molar-refractivity contribution in [3.63, 3.8) is 0 Å². The summed E-state index contributed by atoms with van der Waals surface area (Å²) in [6, 6.07) is 6.34. The number of hydrogen-bond donors (Lipinski definition) is 1. The predicted molar refractivity (Wildman–Crippen MR) is 77.1 cm³/mol. The molecular formula is C14H21NO4S. The molecule has 1 unspecified atom stereocenters. The standard InChI is InChI=1S/C14H21NO4S/c1-4-11(2)15(3)20(18,19)13-8-5-12(6-9-13)7-10-14(16)17/h5-6,8-9,11H,4,7,10H2,1-3H3,(H,16,17). The Morgan fingerprint density at radius 3 is 2.30 bits per heavy atom. The minimum atomic E-state index is -3.48. The average Bonchev–Trinajstić information content (AvgIpc) is 2.43. The minimum absolute atomic E-state index is 0.0405. The van der Waals surface area contributed by atoms with Crippen LogP contribution in [0.3, 0.4) is 0 Å². The number of hydrogen-bond acceptors (Lipinski definition) is 3. The molecule has 1 rings (SSSR count). The molecule has 112 valence electrons. The Morgan fingerprint density at radius 2 is 1.85 bits per heavy atom. The van der Waals surface area contributed by atoms with E-state index in [0.717, 1.165) is 12.0 Å². The van der Waals surface area contributed by atoms with Crippen LogP contribution < -0.4 is 0 Å². The van der Waals surface area contributed by atoms with Crippen molar-refractivity contribution in [2.75, 3.05) is 7.05 Å². The monoisotopic (exact) mass is 299 g/mol. The van der Waals surface area contributed by atoms with Crippen LogP contribution in [0.2, 0.25) is 0 Å². The van der Waals surface area contributed by atoms with Crippen molar-refractivity contribution in [1.29, 1.82) is 0 Å². The average molecular weight is 299 g/mol. The molecule has 0 fully saturated rings. The third kappa shape index (κ3) is 4.05. The summed E-state index contributed by atoms with van der Waals surface area (Å²) in [4.78, 5) is 10.7. The van der Waals surface area contributed by atoms with Gasteiger partial charge in [0.25, 0.3) is 0 Å². The second-order valence-corrected chi connectivity index (χ2v) is 6.81. The Kier molecular flexibility index (Phi) is 5.71. The lowest BCUT2D eigenvalue weighted by molar-refractivity contribution is -0.136. The lowest BCUT2D eigenvalue weighted by Crippen LogP contribution is -2.34. The summed E-state index contributed by atoms with van der Waals surface area (Å²) >= 11 is 0. The van der Waals surface area contributed by atoms with E-state index in [9.17, 15) is 13.2 Å². The summed E-state index contributed by atoms with van der Waals surface area (Å²) in [5.41, 5.74) is 0.817. The molecule has 20 heavy (non-hydrogen) atoms. The van der Waals surface area contributed by atoms with Crippen LogP contribution in [-0.2, 0) is 21.2 Å². The van der Waals surface area contributed by atoms with Gasteiger partial charge in [-0.1, -0.05) is 19.1 Å². The summed E-state index contributed by atoms with van der Waals surface area (Å²) in [5, 5.41) is 8.62. The van der Waals surface area contributed by atoms with Crippen molar-refractivity contribution in [3.05, 3.63) is 29.8 Å². The number of aliphatic carboxylic acids is 1. The largest absolute Gasteiger partial charge is 0.481 e. The molecule has 0 aromatic heterocycles. The van der Waals surface area contributed by atoms with Gasteiger partial charge in [-0.05, 0) is 37.5 Å². The number of nitrogens with zero attached hydrogens (tertiary/aromatic N) is 1. The fourth-order valence-electron chi connectivity index (χ4n) is 1.74. The maximum absolute atomic E-state index is 12.3. The van der Waals surface area contributed by atoms with Gasteiger partial charge in [0.2, 0.25) is 10.0 Å². The zero-order valence-electron chi connectivity index (χ0n) is 12.0. The molecular weight excluding hydrogens is 278 g/mol. The molecule has 5 nitrogen and oxygen atoms in total. The molecule has 0 spiro atoms. The van der Waals surface area contributed by atoms with Crippen molar-refractivity contribution in [2.45, 2.75) is 44.0 Å². The van der Waals surface area contributed by atoms with Crippen molar-refractivity contribution in [3.8, 4) is 0 Å². The molecule has 1 atom stereocenters. The van der Waals surface area contributed by atoms with Gasteiger partial charge < -0.3 is 5.11 Å². The van der Waals surface area contributed by atoms with Crippen molar-refractivity contribution < 1.29 is 18.3 Å². The van der Waals surface area contributed by atoms with Gasteiger partial charge in [0, 0.05) is 19.5 Å². The third-order valence-corrected chi connectivity index (χ3v) is 5.43. The van der Waals surface area contributed by atoms with Crippen molar-refractivity contribution >= 4 is 16.0 Å². The number of aryl methyl sites for hydroxylation is 1. The molecule has 0 aliphatic rings. The summed E-state index contributed by atoms with van der Waals surface area (Å²) in [6.45, 7) is 3.80. The Bertz CT molecular complexity index is 551. The molecule has 0 bridgehead atoms. The molecule has 1 aromatic rings. The van der Waals surface area contributed by atoms with Crippen LogP contribution in [-0.4, -0.2) is 36.9 Å². The molecule has 0 aliphatic heterocycles. The molecule has 6 heteroatoms. The Balaban J connectivity index is 2.89. The van der Waals surface area contributed by atoms with Crippen LogP contribution in [0.25, 0.3) is 0 Å². The highest BCUT2D eigenvalue weighted by molar-refractivity contribution is 7.89. The van der Waals surface area contributed by atoms with E-state index in [-0.39, 0.29) is 17.4 Å². The van der Waals surface area contributed by atoms with Crippen LogP contribution in [0, 0.1) is 0 Å². The summed E-state index contributed by atoms with van der Waals surface area (Å²) in [5.74, 6) is -0.863. The quantitative estimate of drug-likeness (QED) is 0.837. The number of carboxylic acids is 1. The smallest absolute Gasteiger partial charge is 0.303 e. The van der Waals surface area contributed by atoms with Crippen LogP contribution in [0.4, 0.5) is 0 Å². The second kappa shape index (κ2) is 6.85. The highest BCUT2D eigenvalue weighted by Crippen LogP contribution is 2.18. The lowest BCUT2D eigenvalue weighted by Gasteiger charge is -2.23. The summed E-state index contributed by atoms with van der Waals surface area (Å²) in [7, 11) is -1.91. The van der Waals surface area contributed by atoms with Crippen molar-refractivity contribution in [1.82, 2.24) is 4.31 Å². The molecule has 1 N–H and O–H groups in total. The van der Waals surface area contributed by atoms with Crippen molar-refractivity contribution in [2.24, 2.45) is 0 Å². The molecule has 0 saturated carbocycles. The molecule has 0 radical (unpaired) electrons. The highest BCUT2D eigenvalue weighted by Gasteiger charge is 2.24. The van der Waals surface area contributed by atoms with E-state index < -0.39 is 16.0 Å². The first-order valence-corrected chi connectivity index (χ1v) is 8.01. The molecule has 0 amide bonds. The molecule has 0 saturated heterocycles. The number of sulfonamides is 1. The number of carbonyl (C=O) groups is 1. The van der Waals surface area contributed by atoms with E-state index in [4.69, 9.17) is 5.11 Å². The SMILES string of the molecule is CCC(C)N(C)S(=O)(=O)c1ccc(CCC(=O)O)cc1. The zero-order chi connectivity index (χ0) is 15.3. The first-order valence-electron chi connectivity index (χ1n) is 6.57. The topological polar surface area (TPSA) is 74.7 Å². The van der Waals surface area contributed by atoms with E-state index >= 15 is 0 Å².